The van der Waals surface area contributed by atoms with Crippen LogP contribution in [0.5, 0.6) is 0 Å². The molecule has 0 bridgehead atoms. The number of carbonyl (C=O) groups excluding carboxylic acids is 3. The van der Waals surface area contributed by atoms with Gasteiger partial charge in [-0.3, -0.25) is 19.5 Å². The first kappa shape index (κ1) is 19.2. The van der Waals surface area contributed by atoms with E-state index in [9.17, 15) is 14.4 Å². The zero-order valence-corrected chi connectivity index (χ0v) is 16.3. The van der Waals surface area contributed by atoms with Crippen LogP contribution in [0.25, 0.3) is 0 Å². The van der Waals surface area contributed by atoms with Crippen molar-refractivity contribution in [2.75, 3.05) is 26.2 Å². The molecule has 2 aliphatic heterocycles. The summed E-state index contributed by atoms with van der Waals surface area (Å²) in [6.45, 7) is 2.39. The van der Waals surface area contributed by atoms with Crippen LogP contribution in [-0.2, 0) is 17.8 Å². The van der Waals surface area contributed by atoms with Crippen molar-refractivity contribution in [1.82, 2.24) is 25.3 Å². The molecule has 1 aromatic heterocycles. The standard InChI is InChI=1S/C21H25N5O3/c27-18(13-22-20(28)15-7-3-1-4-8-15)26-12-9-16-17(14-26)23-24-19(16)21(29)25-10-5-2-6-11-25/h1,3-4,7-8H,2,5-6,9-14H2,(H,22,28)(H,23,24). The Morgan fingerprint density at radius 1 is 1.00 bits per heavy atom. The van der Waals surface area contributed by atoms with Gasteiger partial charge in [-0.05, 0) is 37.8 Å². The van der Waals surface area contributed by atoms with Gasteiger partial charge in [-0.1, -0.05) is 18.2 Å². The zero-order chi connectivity index (χ0) is 20.2. The minimum atomic E-state index is -0.271. The van der Waals surface area contributed by atoms with Gasteiger partial charge in [0.25, 0.3) is 11.8 Å². The third-order valence-electron chi connectivity index (χ3n) is 5.57. The smallest absolute Gasteiger partial charge is 0.274 e. The lowest BCUT2D eigenvalue weighted by molar-refractivity contribution is -0.131. The van der Waals surface area contributed by atoms with Crippen molar-refractivity contribution in [3.05, 3.63) is 52.8 Å². The van der Waals surface area contributed by atoms with Crippen LogP contribution < -0.4 is 5.32 Å². The molecule has 1 saturated heterocycles. The number of hydrogen-bond donors (Lipinski definition) is 2. The first-order chi connectivity index (χ1) is 14.1. The number of nitrogens with zero attached hydrogens (tertiary/aromatic N) is 3. The van der Waals surface area contributed by atoms with Gasteiger partial charge >= 0.3 is 0 Å². The molecular weight excluding hydrogens is 370 g/mol. The van der Waals surface area contributed by atoms with Gasteiger partial charge in [-0.25, -0.2) is 0 Å². The molecule has 152 valence electrons. The minimum absolute atomic E-state index is 0.0166. The second-order valence-electron chi connectivity index (χ2n) is 7.50. The molecule has 0 radical (unpaired) electrons. The Balaban J connectivity index is 1.35. The molecule has 3 heterocycles. The Bertz CT molecular complexity index is 902. The molecule has 0 saturated carbocycles. The Morgan fingerprint density at radius 2 is 1.76 bits per heavy atom. The number of amides is 3. The van der Waals surface area contributed by atoms with Gasteiger partial charge in [-0.2, -0.15) is 5.10 Å². The van der Waals surface area contributed by atoms with Crippen LogP contribution in [0.4, 0.5) is 0 Å². The summed E-state index contributed by atoms with van der Waals surface area (Å²) in [4.78, 5) is 41.0. The highest BCUT2D eigenvalue weighted by Gasteiger charge is 2.30. The number of H-pyrrole nitrogens is 1. The largest absolute Gasteiger partial charge is 0.343 e. The number of nitrogens with one attached hydrogen (secondary N) is 2. The molecule has 0 spiro atoms. The fraction of sp³-hybridized carbons (Fsp3) is 0.429. The Labute approximate surface area is 169 Å². The SMILES string of the molecule is O=C(NCC(=O)N1CCc2c(C(=O)N3CCCCC3)n[nH]c2C1)c1ccccc1. The van der Waals surface area contributed by atoms with Gasteiger partial charge < -0.3 is 15.1 Å². The van der Waals surface area contributed by atoms with Crippen LogP contribution in [-0.4, -0.2) is 63.9 Å². The molecule has 4 rings (SSSR count). The maximum Gasteiger partial charge on any atom is 0.274 e. The molecule has 0 unspecified atom stereocenters. The lowest BCUT2D eigenvalue weighted by atomic mass is 10.0. The highest BCUT2D eigenvalue weighted by atomic mass is 16.2. The van der Waals surface area contributed by atoms with Crippen molar-refractivity contribution in [3.63, 3.8) is 0 Å². The van der Waals surface area contributed by atoms with Crippen LogP contribution in [0.3, 0.4) is 0 Å². The summed E-state index contributed by atoms with van der Waals surface area (Å²) in [6, 6.07) is 8.81. The van der Waals surface area contributed by atoms with E-state index in [0.717, 1.165) is 37.2 Å². The molecule has 1 aromatic carbocycles. The van der Waals surface area contributed by atoms with Gasteiger partial charge in [0.05, 0.1) is 18.8 Å². The van der Waals surface area contributed by atoms with E-state index in [1.807, 2.05) is 11.0 Å². The normalized spacial score (nSPS) is 16.3. The number of rotatable bonds is 4. The van der Waals surface area contributed by atoms with Gasteiger partial charge in [0, 0.05) is 30.8 Å². The number of aromatic nitrogens is 2. The first-order valence-corrected chi connectivity index (χ1v) is 10.1. The van der Waals surface area contributed by atoms with E-state index in [2.05, 4.69) is 15.5 Å². The molecule has 29 heavy (non-hydrogen) atoms. The zero-order valence-electron chi connectivity index (χ0n) is 16.3. The molecule has 8 nitrogen and oxygen atoms in total. The molecule has 2 N–H and O–H groups in total. The van der Waals surface area contributed by atoms with E-state index >= 15 is 0 Å². The summed E-state index contributed by atoms with van der Waals surface area (Å²) in [6.07, 6.45) is 3.82. The van der Waals surface area contributed by atoms with Crippen molar-refractivity contribution in [3.8, 4) is 0 Å². The van der Waals surface area contributed by atoms with E-state index in [-0.39, 0.29) is 24.3 Å². The number of benzene rings is 1. The lowest BCUT2D eigenvalue weighted by Crippen LogP contribution is -2.43. The number of likely N-dealkylation sites (tertiary alicyclic amines) is 1. The monoisotopic (exact) mass is 395 g/mol. The number of fused-ring (bicyclic) bond motifs is 1. The van der Waals surface area contributed by atoms with Crippen LogP contribution in [0.1, 0.15) is 51.4 Å². The second-order valence-corrected chi connectivity index (χ2v) is 7.50. The average Bonchev–Trinajstić information content (AvgIpc) is 3.21. The molecule has 2 aliphatic rings. The number of aromatic amines is 1. The van der Waals surface area contributed by atoms with Gasteiger partial charge in [0.1, 0.15) is 0 Å². The highest BCUT2D eigenvalue weighted by molar-refractivity contribution is 5.96. The van der Waals surface area contributed by atoms with Crippen LogP contribution in [0.15, 0.2) is 30.3 Å². The van der Waals surface area contributed by atoms with Gasteiger partial charge in [-0.15, -0.1) is 0 Å². The van der Waals surface area contributed by atoms with Crippen LogP contribution in [0, 0.1) is 0 Å². The maximum atomic E-state index is 12.8. The summed E-state index contributed by atoms with van der Waals surface area (Å²) in [5.41, 5.74) is 2.74. The molecule has 3 amide bonds. The second kappa shape index (κ2) is 8.46. The molecule has 8 heteroatoms. The number of hydrogen-bond acceptors (Lipinski definition) is 4. The average molecular weight is 395 g/mol. The Kier molecular flexibility index (Phi) is 5.59. The fourth-order valence-electron chi connectivity index (χ4n) is 3.91. The van der Waals surface area contributed by atoms with Crippen LogP contribution >= 0.6 is 0 Å². The maximum absolute atomic E-state index is 12.8. The minimum Gasteiger partial charge on any atom is -0.343 e. The Morgan fingerprint density at radius 3 is 2.52 bits per heavy atom. The van der Waals surface area contributed by atoms with Crippen molar-refractivity contribution in [2.45, 2.75) is 32.2 Å². The van der Waals surface area contributed by atoms with Gasteiger partial charge in [0.15, 0.2) is 5.69 Å². The third kappa shape index (κ3) is 4.16. The van der Waals surface area contributed by atoms with Crippen molar-refractivity contribution in [2.24, 2.45) is 0 Å². The van der Waals surface area contributed by atoms with E-state index in [4.69, 9.17) is 0 Å². The summed E-state index contributed by atoms with van der Waals surface area (Å²) in [5.74, 6) is -0.442. The fourth-order valence-corrected chi connectivity index (χ4v) is 3.91. The molecule has 1 fully saturated rings. The molecule has 2 aromatic rings. The van der Waals surface area contributed by atoms with E-state index in [1.54, 1.807) is 29.2 Å². The van der Waals surface area contributed by atoms with E-state index in [0.29, 0.717) is 30.8 Å². The predicted octanol–water partition coefficient (Wildman–Crippen LogP) is 1.35. The lowest BCUT2D eigenvalue weighted by Gasteiger charge is -2.28. The summed E-state index contributed by atoms with van der Waals surface area (Å²) < 4.78 is 0. The van der Waals surface area contributed by atoms with Crippen molar-refractivity contribution < 1.29 is 14.4 Å². The third-order valence-corrected chi connectivity index (χ3v) is 5.57. The topological polar surface area (TPSA) is 98.4 Å². The van der Waals surface area contributed by atoms with Crippen LogP contribution in [0.2, 0.25) is 0 Å². The Hall–Kier alpha value is -3.16. The molecule has 0 atom stereocenters. The quantitative estimate of drug-likeness (QED) is 0.816. The number of carbonyl (C=O) groups is 3. The van der Waals surface area contributed by atoms with Crippen molar-refractivity contribution >= 4 is 17.7 Å². The first-order valence-electron chi connectivity index (χ1n) is 10.1. The van der Waals surface area contributed by atoms with Crippen molar-refractivity contribution in [1.29, 1.82) is 0 Å². The summed E-state index contributed by atoms with van der Waals surface area (Å²) in [7, 11) is 0. The number of piperidine rings is 1. The van der Waals surface area contributed by atoms with E-state index in [1.165, 1.54) is 6.42 Å². The highest BCUT2D eigenvalue weighted by Crippen LogP contribution is 2.22. The predicted molar refractivity (Wildman–Crippen MR) is 106 cm³/mol. The summed E-state index contributed by atoms with van der Waals surface area (Å²) >= 11 is 0. The summed E-state index contributed by atoms with van der Waals surface area (Å²) in [5, 5.41) is 9.87. The van der Waals surface area contributed by atoms with Gasteiger partial charge in [0.2, 0.25) is 5.91 Å². The van der Waals surface area contributed by atoms with E-state index < -0.39 is 0 Å². The molecule has 0 aliphatic carbocycles. The molecular formula is C21H25N5O3.